The van der Waals surface area contributed by atoms with Gasteiger partial charge in [-0.1, -0.05) is 50.6 Å². The van der Waals surface area contributed by atoms with E-state index in [2.05, 4.69) is 5.32 Å². The van der Waals surface area contributed by atoms with Crippen molar-refractivity contribution in [2.45, 2.75) is 72.5 Å². The van der Waals surface area contributed by atoms with Gasteiger partial charge in [0.15, 0.2) is 0 Å². The molecule has 1 aromatic rings. The standard InChI is InChI=1S/C19H30N2O2/c1-6-15(5)20-19(23)17(7-2)21(18(22)8-3)13-16-11-9-14(4)10-12-16/h9-12,15,17H,6-8,13H2,1-5H3,(H,20,23)/t15-,17-/m1/s1. The van der Waals surface area contributed by atoms with Crippen molar-refractivity contribution in [2.75, 3.05) is 0 Å². The van der Waals surface area contributed by atoms with Crippen molar-refractivity contribution in [3.05, 3.63) is 35.4 Å². The van der Waals surface area contributed by atoms with Crippen molar-refractivity contribution in [1.29, 1.82) is 0 Å². The zero-order valence-electron chi connectivity index (χ0n) is 15.1. The molecule has 2 amide bonds. The van der Waals surface area contributed by atoms with Crippen molar-refractivity contribution >= 4 is 11.8 Å². The molecule has 0 aliphatic heterocycles. The maximum Gasteiger partial charge on any atom is 0.243 e. The van der Waals surface area contributed by atoms with Crippen LogP contribution in [-0.4, -0.2) is 28.8 Å². The number of nitrogens with zero attached hydrogens (tertiary/aromatic N) is 1. The van der Waals surface area contributed by atoms with Gasteiger partial charge < -0.3 is 10.2 Å². The lowest BCUT2D eigenvalue weighted by atomic mass is 10.1. The molecule has 0 heterocycles. The van der Waals surface area contributed by atoms with Gasteiger partial charge in [-0.15, -0.1) is 0 Å². The molecule has 2 atom stereocenters. The second-order valence-corrected chi connectivity index (χ2v) is 6.10. The molecule has 1 rings (SSSR count). The number of rotatable bonds is 8. The second-order valence-electron chi connectivity index (χ2n) is 6.10. The van der Waals surface area contributed by atoms with Gasteiger partial charge in [0, 0.05) is 19.0 Å². The Morgan fingerprint density at radius 2 is 1.70 bits per heavy atom. The highest BCUT2D eigenvalue weighted by Crippen LogP contribution is 2.14. The molecule has 4 heteroatoms. The fourth-order valence-electron chi connectivity index (χ4n) is 2.45. The van der Waals surface area contributed by atoms with E-state index in [1.807, 2.05) is 58.9 Å². The van der Waals surface area contributed by atoms with E-state index < -0.39 is 6.04 Å². The third-order valence-electron chi connectivity index (χ3n) is 4.16. The Labute approximate surface area is 140 Å². The van der Waals surface area contributed by atoms with Crippen LogP contribution in [0.3, 0.4) is 0 Å². The first-order valence-electron chi connectivity index (χ1n) is 8.58. The molecule has 0 saturated carbocycles. The van der Waals surface area contributed by atoms with Crippen molar-refractivity contribution in [3.63, 3.8) is 0 Å². The van der Waals surface area contributed by atoms with Gasteiger partial charge in [0.05, 0.1) is 0 Å². The van der Waals surface area contributed by atoms with Gasteiger partial charge in [0.25, 0.3) is 0 Å². The molecular weight excluding hydrogens is 288 g/mol. The molecule has 23 heavy (non-hydrogen) atoms. The number of nitrogens with one attached hydrogen (secondary N) is 1. The number of aryl methyl sites for hydroxylation is 1. The molecule has 0 radical (unpaired) electrons. The molecule has 1 aromatic carbocycles. The quantitative estimate of drug-likeness (QED) is 0.798. The maximum atomic E-state index is 12.5. The van der Waals surface area contributed by atoms with E-state index in [0.29, 0.717) is 19.4 Å². The fourth-order valence-corrected chi connectivity index (χ4v) is 2.45. The van der Waals surface area contributed by atoms with Gasteiger partial charge in [0.1, 0.15) is 6.04 Å². The summed E-state index contributed by atoms with van der Waals surface area (Å²) < 4.78 is 0. The molecule has 0 fully saturated rings. The van der Waals surface area contributed by atoms with Gasteiger partial charge in [0.2, 0.25) is 11.8 Å². The van der Waals surface area contributed by atoms with E-state index in [4.69, 9.17) is 0 Å². The summed E-state index contributed by atoms with van der Waals surface area (Å²) in [5.41, 5.74) is 2.23. The maximum absolute atomic E-state index is 12.5. The van der Waals surface area contributed by atoms with Gasteiger partial charge >= 0.3 is 0 Å². The van der Waals surface area contributed by atoms with E-state index in [1.165, 1.54) is 5.56 Å². The first kappa shape index (κ1) is 19.2. The van der Waals surface area contributed by atoms with Crippen LogP contribution in [0.4, 0.5) is 0 Å². The Kier molecular flexibility index (Phi) is 7.79. The molecular formula is C19H30N2O2. The summed E-state index contributed by atoms with van der Waals surface area (Å²) in [6, 6.07) is 7.80. The Morgan fingerprint density at radius 1 is 1.09 bits per heavy atom. The first-order chi connectivity index (χ1) is 10.9. The number of carbonyl (C=O) groups excluding carboxylic acids is 2. The number of carbonyl (C=O) groups is 2. The van der Waals surface area contributed by atoms with Crippen molar-refractivity contribution in [3.8, 4) is 0 Å². The summed E-state index contributed by atoms with van der Waals surface area (Å²) in [4.78, 5) is 26.6. The molecule has 0 unspecified atom stereocenters. The van der Waals surface area contributed by atoms with E-state index in [1.54, 1.807) is 4.90 Å². The average molecular weight is 318 g/mol. The topological polar surface area (TPSA) is 49.4 Å². The van der Waals surface area contributed by atoms with Crippen LogP contribution in [0.1, 0.15) is 58.1 Å². The zero-order valence-corrected chi connectivity index (χ0v) is 15.1. The van der Waals surface area contributed by atoms with E-state index >= 15 is 0 Å². The summed E-state index contributed by atoms with van der Waals surface area (Å²) in [7, 11) is 0. The first-order valence-corrected chi connectivity index (χ1v) is 8.58. The highest BCUT2D eigenvalue weighted by atomic mass is 16.2. The lowest BCUT2D eigenvalue weighted by Gasteiger charge is -2.31. The summed E-state index contributed by atoms with van der Waals surface area (Å²) in [5, 5.41) is 3.00. The minimum Gasteiger partial charge on any atom is -0.352 e. The zero-order chi connectivity index (χ0) is 17.4. The number of hydrogen-bond acceptors (Lipinski definition) is 2. The monoisotopic (exact) mass is 318 g/mol. The van der Waals surface area contributed by atoms with Crippen LogP contribution in [0.25, 0.3) is 0 Å². The van der Waals surface area contributed by atoms with Crippen molar-refractivity contribution < 1.29 is 9.59 Å². The highest BCUT2D eigenvalue weighted by Gasteiger charge is 2.28. The Hall–Kier alpha value is -1.84. The Balaban J connectivity index is 2.95. The van der Waals surface area contributed by atoms with Crippen molar-refractivity contribution in [1.82, 2.24) is 10.2 Å². The molecule has 4 nitrogen and oxygen atoms in total. The van der Waals surface area contributed by atoms with Gasteiger partial charge in [-0.2, -0.15) is 0 Å². The molecule has 0 aliphatic carbocycles. The minimum absolute atomic E-state index is 0.0109. The van der Waals surface area contributed by atoms with E-state index in [-0.39, 0.29) is 17.9 Å². The molecule has 0 spiro atoms. The average Bonchev–Trinajstić information content (AvgIpc) is 2.55. The number of amides is 2. The number of hydrogen-bond donors (Lipinski definition) is 1. The summed E-state index contributed by atoms with van der Waals surface area (Å²) in [6.07, 6.45) is 1.89. The van der Waals surface area contributed by atoms with Crippen LogP contribution in [0.15, 0.2) is 24.3 Å². The Morgan fingerprint density at radius 3 is 2.17 bits per heavy atom. The molecule has 0 aliphatic rings. The van der Waals surface area contributed by atoms with E-state index in [0.717, 1.165) is 12.0 Å². The van der Waals surface area contributed by atoms with Crippen LogP contribution in [0, 0.1) is 6.92 Å². The molecule has 0 aromatic heterocycles. The Bertz CT molecular complexity index is 511. The van der Waals surface area contributed by atoms with Crippen LogP contribution >= 0.6 is 0 Å². The SMILES string of the molecule is CCC(=O)N(Cc1ccc(C)cc1)[C@H](CC)C(=O)N[C@H](C)CC. The largest absolute Gasteiger partial charge is 0.352 e. The highest BCUT2D eigenvalue weighted by molar-refractivity contribution is 5.87. The second kappa shape index (κ2) is 9.33. The van der Waals surface area contributed by atoms with Crippen LogP contribution < -0.4 is 5.32 Å². The molecule has 0 bridgehead atoms. The van der Waals surface area contributed by atoms with E-state index in [9.17, 15) is 9.59 Å². The van der Waals surface area contributed by atoms with Gasteiger partial charge in [-0.3, -0.25) is 9.59 Å². The third kappa shape index (κ3) is 5.70. The van der Waals surface area contributed by atoms with Crippen LogP contribution in [0.2, 0.25) is 0 Å². The van der Waals surface area contributed by atoms with Crippen molar-refractivity contribution in [2.24, 2.45) is 0 Å². The predicted molar refractivity (Wildman–Crippen MR) is 94.0 cm³/mol. The molecule has 1 N–H and O–H groups in total. The normalized spacial score (nSPS) is 13.3. The molecule has 128 valence electrons. The smallest absolute Gasteiger partial charge is 0.243 e. The third-order valence-corrected chi connectivity index (χ3v) is 4.16. The summed E-state index contributed by atoms with van der Waals surface area (Å²) in [6.45, 7) is 10.3. The van der Waals surface area contributed by atoms with Gasteiger partial charge in [-0.05, 0) is 32.3 Å². The lowest BCUT2D eigenvalue weighted by molar-refractivity contribution is -0.141. The molecule has 0 saturated heterocycles. The minimum atomic E-state index is -0.419. The summed E-state index contributed by atoms with van der Waals surface area (Å²) >= 11 is 0. The summed E-state index contributed by atoms with van der Waals surface area (Å²) in [5.74, 6) is -0.0486. The fraction of sp³-hybridized carbons (Fsp3) is 0.579. The van der Waals surface area contributed by atoms with Gasteiger partial charge in [-0.25, -0.2) is 0 Å². The van der Waals surface area contributed by atoms with Crippen LogP contribution in [-0.2, 0) is 16.1 Å². The number of benzene rings is 1. The predicted octanol–water partition coefficient (Wildman–Crippen LogP) is 3.43. The van der Waals surface area contributed by atoms with Crippen LogP contribution in [0.5, 0.6) is 0 Å². The lowest BCUT2D eigenvalue weighted by Crippen LogP contribution is -2.50.